The third-order valence-electron chi connectivity index (χ3n) is 4.33. The van der Waals surface area contributed by atoms with Gasteiger partial charge in [0.25, 0.3) is 0 Å². The molecule has 1 heterocycles. The van der Waals surface area contributed by atoms with E-state index in [4.69, 9.17) is 9.15 Å². The van der Waals surface area contributed by atoms with Crippen molar-refractivity contribution in [2.45, 2.75) is 26.4 Å². The Hall–Kier alpha value is -2.59. The molecule has 130 valence electrons. The Kier molecular flexibility index (Phi) is 5.19. The largest absolute Gasteiger partial charge is 0.497 e. The van der Waals surface area contributed by atoms with Gasteiger partial charge in [-0.2, -0.15) is 0 Å². The van der Waals surface area contributed by atoms with Crippen LogP contribution in [0.1, 0.15) is 23.6 Å². The van der Waals surface area contributed by atoms with E-state index < -0.39 is 0 Å². The van der Waals surface area contributed by atoms with Crippen molar-refractivity contribution in [3.63, 3.8) is 0 Å². The van der Waals surface area contributed by atoms with Crippen molar-refractivity contribution in [3.8, 4) is 5.75 Å². The molecule has 3 rings (SSSR count). The highest BCUT2D eigenvalue weighted by Crippen LogP contribution is 2.21. The maximum absolute atomic E-state index is 11.9. The molecular formula is C21H23NO3. The molecule has 4 heteroatoms. The number of nitrogens with zero attached hydrogens (tertiary/aromatic N) is 1. The SMILES string of the molecule is CCc1ccc2c(CN(C)Cc3cccc(OC)c3)cc(=O)oc2c1. The molecule has 0 aliphatic rings. The molecule has 0 fully saturated rings. The molecule has 4 nitrogen and oxygen atoms in total. The lowest BCUT2D eigenvalue weighted by Crippen LogP contribution is -2.18. The van der Waals surface area contributed by atoms with Crippen molar-refractivity contribution < 1.29 is 9.15 Å². The second-order valence-corrected chi connectivity index (χ2v) is 6.30. The molecule has 0 unspecified atom stereocenters. The van der Waals surface area contributed by atoms with Crippen LogP contribution in [0.2, 0.25) is 0 Å². The number of fused-ring (bicyclic) bond motifs is 1. The highest BCUT2D eigenvalue weighted by atomic mass is 16.5. The fourth-order valence-electron chi connectivity index (χ4n) is 3.05. The number of methoxy groups -OCH3 is 1. The molecule has 0 bridgehead atoms. The first kappa shape index (κ1) is 17.2. The van der Waals surface area contributed by atoms with Gasteiger partial charge in [0.1, 0.15) is 11.3 Å². The first-order valence-electron chi connectivity index (χ1n) is 8.46. The molecule has 0 N–H and O–H groups in total. The van der Waals surface area contributed by atoms with Crippen LogP contribution in [0, 0.1) is 0 Å². The van der Waals surface area contributed by atoms with Gasteiger partial charge >= 0.3 is 5.63 Å². The fourth-order valence-corrected chi connectivity index (χ4v) is 3.05. The van der Waals surface area contributed by atoms with Crippen LogP contribution in [0.4, 0.5) is 0 Å². The highest BCUT2D eigenvalue weighted by Gasteiger charge is 2.10. The number of rotatable bonds is 6. The van der Waals surface area contributed by atoms with E-state index in [0.29, 0.717) is 12.1 Å². The first-order chi connectivity index (χ1) is 12.1. The van der Waals surface area contributed by atoms with E-state index in [0.717, 1.165) is 35.2 Å². The molecule has 2 aromatic carbocycles. The maximum Gasteiger partial charge on any atom is 0.336 e. The molecule has 3 aromatic rings. The molecule has 0 atom stereocenters. The average molecular weight is 337 g/mol. The summed E-state index contributed by atoms with van der Waals surface area (Å²) in [5.41, 5.74) is 3.68. The third kappa shape index (κ3) is 4.09. The van der Waals surface area contributed by atoms with E-state index >= 15 is 0 Å². The normalized spacial score (nSPS) is 11.2. The van der Waals surface area contributed by atoms with Gasteiger partial charge in [0, 0.05) is 24.5 Å². The Morgan fingerprint density at radius 1 is 1.04 bits per heavy atom. The quantitative estimate of drug-likeness (QED) is 0.638. The summed E-state index contributed by atoms with van der Waals surface area (Å²) in [4.78, 5) is 14.1. The number of ether oxygens (including phenoxy) is 1. The van der Waals surface area contributed by atoms with Gasteiger partial charge in [-0.15, -0.1) is 0 Å². The summed E-state index contributed by atoms with van der Waals surface area (Å²) in [5, 5.41) is 0.995. The van der Waals surface area contributed by atoms with E-state index in [2.05, 4.69) is 24.0 Å². The van der Waals surface area contributed by atoms with Gasteiger partial charge in [-0.1, -0.05) is 31.2 Å². The number of aryl methyl sites for hydroxylation is 1. The fraction of sp³-hybridized carbons (Fsp3) is 0.286. The van der Waals surface area contributed by atoms with Gasteiger partial charge in [-0.25, -0.2) is 4.79 Å². The van der Waals surface area contributed by atoms with Crippen molar-refractivity contribution >= 4 is 11.0 Å². The number of hydrogen-bond acceptors (Lipinski definition) is 4. The Balaban J connectivity index is 1.85. The van der Waals surface area contributed by atoms with Crippen molar-refractivity contribution in [3.05, 3.63) is 75.6 Å². The maximum atomic E-state index is 11.9. The predicted octanol–water partition coefficient (Wildman–Crippen LogP) is 4.00. The summed E-state index contributed by atoms with van der Waals surface area (Å²) in [7, 11) is 3.71. The zero-order valence-corrected chi connectivity index (χ0v) is 14.9. The van der Waals surface area contributed by atoms with Gasteiger partial charge in [-0.05, 0) is 48.4 Å². The van der Waals surface area contributed by atoms with Crippen molar-refractivity contribution in [2.75, 3.05) is 14.2 Å². The Morgan fingerprint density at radius 3 is 2.64 bits per heavy atom. The van der Waals surface area contributed by atoms with Crippen LogP contribution in [0.15, 0.2) is 57.7 Å². The topological polar surface area (TPSA) is 42.7 Å². The summed E-state index contributed by atoms with van der Waals surface area (Å²) in [6.07, 6.45) is 0.916. The molecule has 0 radical (unpaired) electrons. The average Bonchev–Trinajstić information content (AvgIpc) is 2.61. The second-order valence-electron chi connectivity index (χ2n) is 6.30. The van der Waals surface area contributed by atoms with Crippen LogP contribution in [-0.4, -0.2) is 19.1 Å². The molecule has 25 heavy (non-hydrogen) atoms. The highest BCUT2D eigenvalue weighted by molar-refractivity contribution is 5.80. The van der Waals surface area contributed by atoms with E-state index in [1.807, 2.05) is 37.4 Å². The molecule has 1 aromatic heterocycles. The monoisotopic (exact) mass is 337 g/mol. The Bertz CT molecular complexity index is 930. The van der Waals surface area contributed by atoms with E-state index in [1.165, 1.54) is 5.56 Å². The minimum atomic E-state index is -0.300. The minimum Gasteiger partial charge on any atom is -0.497 e. The zero-order valence-electron chi connectivity index (χ0n) is 14.9. The van der Waals surface area contributed by atoms with E-state index in [1.54, 1.807) is 13.2 Å². The van der Waals surface area contributed by atoms with Crippen LogP contribution in [-0.2, 0) is 19.5 Å². The van der Waals surface area contributed by atoms with Crippen LogP contribution >= 0.6 is 0 Å². The van der Waals surface area contributed by atoms with Crippen LogP contribution in [0.25, 0.3) is 11.0 Å². The summed E-state index contributed by atoms with van der Waals surface area (Å²) in [5.74, 6) is 0.851. The number of benzene rings is 2. The van der Waals surface area contributed by atoms with Crippen LogP contribution in [0.3, 0.4) is 0 Å². The smallest absolute Gasteiger partial charge is 0.336 e. The van der Waals surface area contributed by atoms with Gasteiger partial charge in [0.2, 0.25) is 0 Å². The van der Waals surface area contributed by atoms with Crippen molar-refractivity contribution in [1.29, 1.82) is 0 Å². The lowest BCUT2D eigenvalue weighted by Gasteiger charge is -2.18. The van der Waals surface area contributed by atoms with Crippen molar-refractivity contribution in [1.82, 2.24) is 4.90 Å². The molecule has 0 saturated heterocycles. The summed E-state index contributed by atoms with van der Waals surface area (Å²) in [6, 6.07) is 15.7. The molecule has 0 spiro atoms. The summed E-state index contributed by atoms with van der Waals surface area (Å²) >= 11 is 0. The Morgan fingerprint density at radius 2 is 1.88 bits per heavy atom. The van der Waals surface area contributed by atoms with Crippen LogP contribution in [0.5, 0.6) is 5.75 Å². The van der Waals surface area contributed by atoms with E-state index in [-0.39, 0.29) is 5.63 Å². The molecular weight excluding hydrogens is 314 g/mol. The second kappa shape index (κ2) is 7.53. The minimum absolute atomic E-state index is 0.300. The third-order valence-corrected chi connectivity index (χ3v) is 4.33. The molecule has 0 amide bonds. The van der Waals surface area contributed by atoms with E-state index in [9.17, 15) is 4.79 Å². The number of hydrogen-bond donors (Lipinski definition) is 0. The van der Waals surface area contributed by atoms with Gasteiger partial charge < -0.3 is 9.15 Å². The van der Waals surface area contributed by atoms with Gasteiger partial charge in [0.05, 0.1) is 7.11 Å². The summed E-state index contributed by atoms with van der Waals surface area (Å²) in [6.45, 7) is 3.53. The Labute approximate surface area is 147 Å². The summed E-state index contributed by atoms with van der Waals surface area (Å²) < 4.78 is 10.7. The molecule has 0 aliphatic heterocycles. The standard InChI is InChI=1S/C21H23NO3/c1-4-15-8-9-19-17(12-21(23)25-20(19)11-15)14-22(2)13-16-6-5-7-18(10-16)24-3/h5-12H,4,13-14H2,1-3H3. The molecule has 0 saturated carbocycles. The van der Waals surface area contributed by atoms with Gasteiger partial charge in [0.15, 0.2) is 0 Å². The lowest BCUT2D eigenvalue weighted by atomic mass is 10.1. The predicted molar refractivity (Wildman–Crippen MR) is 100 cm³/mol. The van der Waals surface area contributed by atoms with Gasteiger partial charge in [-0.3, -0.25) is 4.90 Å². The van der Waals surface area contributed by atoms with Crippen molar-refractivity contribution in [2.24, 2.45) is 0 Å². The van der Waals surface area contributed by atoms with Crippen LogP contribution < -0.4 is 10.4 Å². The lowest BCUT2D eigenvalue weighted by molar-refractivity contribution is 0.318. The first-order valence-corrected chi connectivity index (χ1v) is 8.46. The zero-order chi connectivity index (χ0) is 17.8. The molecule has 0 aliphatic carbocycles.